The summed E-state index contributed by atoms with van der Waals surface area (Å²) < 4.78 is 1.95. The number of aromatic nitrogens is 3. The molecule has 0 spiro atoms. The first kappa shape index (κ1) is 13.5. The molecule has 0 saturated heterocycles. The highest BCUT2D eigenvalue weighted by atomic mass is 16.3. The van der Waals surface area contributed by atoms with Gasteiger partial charge in [0.15, 0.2) is 0 Å². The smallest absolute Gasteiger partial charge is 0.233 e. The van der Waals surface area contributed by atoms with Gasteiger partial charge in [-0.3, -0.25) is 9.30 Å². The summed E-state index contributed by atoms with van der Waals surface area (Å²) in [7, 11) is 0. The highest BCUT2D eigenvalue weighted by Crippen LogP contribution is 2.23. The second-order valence-corrected chi connectivity index (χ2v) is 5.55. The molecule has 5 heteroatoms. The highest BCUT2D eigenvalue weighted by Gasteiger charge is 2.21. The van der Waals surface area contributed by atoms with Gasteiger partial charge < -0.3 is 5.11 Å². The van der Waals surface area contributed by atoms with Crippen molar-refractivity contribution in [2.75, 3.05) is 13.2 Å². The fourth-order valence-corrected chi connectivity index (χ4v) is 3.13. The summed E-state index contributed by atoms with van der Waals surface area (Å²) >= 11 is 0. The van der Waals surface area contributed by atoms with E-state index in [-0.39, 0.29) is 6.61 Å². The van der Waals surface area contributed by atoms with E-state index in [1.54, 1.807) is 6.20 Å². The first-order valence-electron chi connectivity index (χ1n) is 7.50. The minimum atomic E-state index is 0.210. The summed E-state index contributed by atoms with van der Waals surface area (Å²) in [4.78, 5) is 11.2. The topological polar surface area (TPSA) is 53.7 Å². The molecule has 1 aliphatic carbocycles. The SMILES string of the molecule is OCCN(Cc1cn2cccnc2n1)C1CCCCC1. The van der Waals surface area contributed by atoms with Crippen LogP contribution in [0.15, 0.2) is 24.7 Å². The molecule has 5 nitrogen and oxygen atoms in total. The quantitative estimate of drug-likeness (QED) is 0.904. The molecule has 1 N–H and O–H groups in total. The molecule has 3 rings (SSSR count). The van der Waals surface area contributed by atoms with Crippen LogP contribution < -0.4 is 0 Å². The molecule has 0 amide bonds. The zero-order valence-electron chi connectivity index (χ0n) is 11.8. The summed E-state index contributed by atoms with van der Waals surface area (Å²) in [6.07, 6.45) is 12.2. The Morgan fingerprint density at radius 2 is 2.15 bits per heavy atom. The lowest BCUT2D eigenvalue weighted by molar-refractivity contribution is 0.116. The normalized spacial score (nSPS) is 17.1. The molecule has 1 fully saturated rings. The molecule has 0 atom stereocenters. The predicted molar refractivity (Wildman–Crippen MR) is 77.4 cm³/mol. The zero-order chi connectivity index (χ0) is 13.8. The maximum atomic E-state index is 9.31. The zero-order valence-corrected chi connectivity index (χ0v) is 11.8. The van der Waals surface area contributed by atoms with E-state index in [0.717, 1.165) is 24.6 Å². The van der Waals surface area contributed by atoms with Crippen molar-refractivity contribution in [1.82, 2.24) is 19.3 Å². The van der Waals surface area contributed by atoms with Crippen molar-refractivity contribution in [3.63, 3.8) is 0 Å². The minimum absolute atomic E-state index is 0.210. The van der Waals surface area contributed by atoms with Crippen LogP contribution in [0.5, 0.6) is 0 Å². The lowest BCUT2D eigenvalue weighted by Gasteiger charge is -2.33. The second kappa shape index (κ2) is 6.33. The Hall–Kier alpha value is -1.46. The van der Waals surface area contributed by atoms with Crippen LogP contribution >= 0.6 is 0 Å². The van der Waals surface area contributed by atoms with Crippen LogP contribution in [0.3, 0.4) is 0 Å². The first-order valence-corrected chi connectivity index (χ1v) is 7.50. The van der Waals surface area contributed by atoms with Gasteiger partial charge in [-0.05, 0) is 18.9 Å². The first-order chi connectivity index (χ1) is 9.86. The van der Waals surface area contributed by atoms with Crippen LogP contribution in [0.1, 0.15) is 37.8 Å². The third kappa shape index (κ3) is 2.99. The Labute approximate surface area is 119 Å². The molecular formula is C15H22N4O. The largest absolute Gasteiger partial charge is 0.395 e. The average molecular weight is 274 g/mol. The van der Waals surface area contributed by atoms with E-state index in [9.17, 15) is 5.11 Å². The van der Waals surface area contributed by atoms with Gasteiger partial charge in [0.1, 0.15) is 0 Å². The lowest BCUT2D eigenvalue weighted by Crippen LogP contribution is -2.38. The number of hydrogen-bond acceptors (Lipinski definition) is 4. The Morgan fingerprint density at radius 1 is 1.30 bits per heavy atom. The molecule has 1 saturated carbocycles. The van der Waals surface area contributed by atoms with Crippen molar-refractivity contribution in [2.45, 2.75) is 44.7 Å². The molecule has 2 aromatic heterocycles. The van der Waals surface area contributed by atoms with Gasteiger partial charge in [-0.15, -0.1) is 0 Å². The molecule has 2 heterocycles. The molecule has 1 aliphatic rings. The molecule has 108 valence electrons. The number of imidazole rings is 1. The Balaban J connectivity index is 1.74. The van der Waals surface area contributed by atoms with Crippen LogP contribution in [-0.4, -0.2) is 43.6 Å². The minimum Gasteiger partial charge on any atom is -0.395 e. The average Bonchev–Trinajstić information content (AvgIpc) is 2.90. The van der Waals surface area contributed by atoms with Gasteiger partial charge in [-0.2, -0.15) is 0 Å². The Kier molecular flexibility index (Phi) is 4.28. The van der Waals surface area contributed by atoms with Crippen LogP contribution in [0.25, 0.3) is 5.78 Å². The van der Waals surface area contributed by atoms with Crippen molar-refractivity contribution in [1.29, 1.82) is 0 Å². The van der Waals surface area contributed by atoms with Gasteiger partial charge in [0.05, 0.1) is 12.3 Å². The van der Waals surface area contributed by atoms with Gasteiger partial charge in [0.2, 0.25) is 5.78 Å². The van der Waals surface area contributed by atoms with Crippen LogP contribution in [0.4, 0.5) is 0 Å². The lowest BCUT2D eigenvalue weighted by atomic mass is 9.94. The molecule has 0 bridgehead atoms. The third-order valence-corrected chi connectivity index (χ3v) is 4.13. The van der Waals surface area contributed by atoms with Crippen molar-refractivity contribution < 1.29 is 5.11 Å². The van der Waals surface area contributed by atoms with Gasteiger partial charge in [-0.1, -0.05) is 19.3 Å². The molecule has 20 heavy (non-hydrogen) atoms. The molecule has 0 unspecified atom stereocenters. The molecule has 0 aromatic carbocycles. The predicted octanol–water partition coefficient (Wildman–Crippen LogP) is 1.86. The summed E-state index contributed by atoms with van der Waals surface area (Å²) in [6.45, 7) is 1.74. The number of aliphatic hydroxyl groups is 1. The van der Waals surface area contributed by atoms with Gasteiger partial charge in [-0.25, -0.2) is 9.97 Å². The standard InChI is InChI=1S/C15H22N4O/c20-10-9-18(14-5-2-1-3-6-14)11-13-12-19-8-4-7-16-15(19)17-13/h4,7-8,12,14,20H,1-3,5-6,9-11H2. The monoisotopic (exact) mass is 274 g/mol. The number of fused-ring (bicyclic) bond motifs is 1. The second-order valence-electron chi connectivity index (χ2n) is 5.55. The van der Waals surface area contributed by atoms with E-state index in [4.69, 9.17) is 0 Å². The molecule has 0 aliphatic heterocycles. The molecular weight excluding hydrogens is 252 g/mol. The van der Waals surface area contributed by atoms with Gasteiger partial charge >= 0.3 is 0 Å². The van der Waals surface area contributed by atoms with Crippen LogP contribution in [0, 0.1) is 0 Å². The summed E-state index contributed by atoms with van der Waals surface area (Å²) in [5.41, 5.74) is 1.03. The van der Waals surface area contributed by atoms with Crippen LogP contribution in [-0.2, 0) is 6.54 Å². The fraction of sp³-hybridized carbons (Fsp3) is 0.600. The highest BCUT2D eigenvalue weighted by molar-refractivity contribution is 5.29. The third-order valence-electron chi connectivity index (χ3n) is 4.13. The number of hydrogen-bond donors (Lipinski definition) is 1. The van der Waals surface area contributed by atoms with Crippen molar-refractivity contribution in [3.05, 3.63) is 30.4 Å². The van der Waals surface area contributed by atoms with Crippen molar-refractivity contribution >= 4 is 5.78 Å². The van der Waals surface area contributed by atoms with E-state index in [1.807, 2.05) is 22.9 Å². The number of nitrogens with zero attached hydrogens (tertiary/aromatic N) is 4. The van der Waals surface area contributed by atoms with E-state index in [0.29, 0.717) is 6.04 Å². The van der Waals surface area contributed by atoms with E-state index < -0.39 is 0 Å². The van der Waals surface area contributed by atoms with Gasteiger partial charge in [0, 0.05) is 37.7 Å². The Bertz CT molecular complexity index is 515. The molecule has 0 radical (unpaired) electrons. The van der Waals surface area contributed by atoms with Crippen molar-refractivity contribution in [2.24, 2.45) is 0 Å². The Morgan fingerprint density at radius 3 is 2.90 bits per heavy atom. The fourth-order valence-electron chi connectivity index (χ4n) is 3.13. The van der Waals surface area contributed by atoms with Gasteiger partial charge in [0.25, 0.3) is 0 Å². The van der Waals surface area contributed by atoms with Crippen molar-refractivity contribution in [3.8, 4) is 0 Å². The summed E-state index contributed by atoms with van der Waals surface area (Å²) in [5, 5.41) is 9.31. The van der Waals surface area contributed by atoms with E-state index in [2.05, 4.69) is 14.9 Å². The summed E-state index contributed by atoms with van der Waals surface area (Å²) in [6, 6.07) is 2.50. The maximum absolute atomic E-state index is 9.31. The number of rotatable bonds is 5. The summed E-state index contributed by atoms with van der Waals surface area (Å²) in [5.74, 6) is 0.745. The van der Waals surface area contributed by atoms with Crippen LogP contribution in [0.2, 0.25) is 0 Å². The van der Waals surface area contributed by atoms with E-state index >= 15 is 0 Å². The molecule has 2 aromatic rings. The number of aliphatic hydroxyl groups excluding tert-OH is 1. The van der Waals surface area contributed by atoms with E-state index in [1.165, 1.54) is 32.1 Å². The maximum Gasteiger partial charge on any atom is 0.233 e.